The zero-order chi connectivity index (χ0) is 36.8. The van der Waals surface area contributed by atoms with E-state index in [9.17, 15) is 43.8 Å². The van der Waals surface area contributed by atoms with Crippen molar-refractivity contribution in [2.45, 2.75) is 96.1 Å². The first-order valence-corrected chi connectivity index (χ1v) is 15.9. The van der Waals surface area contributed by atoms with Crippen molar-refractivity contribution in [3.8, 4) is 11.5 Å². The summed E-state index contributed by atoms with van der Waals surface area (Å²) in [6.07, 6.45) is -2.83. The lowest BCUT2D eigenvalue weighted by atomic mass is 9.97. The zero-order valence-corrected chi connectivity index (χ0v) is 28.3. The van der Waals surface area contributed by atoms with Crippen LogP contribution < -0.4 is 30.7 Å². The highest BCUT2D eigenvalue weighted by Crippen LogP contribution is 2.26. The van der Waals surface area contributed by atoms with Crippen LogP contribution in [0.4, 0.5) is 0 Å². The third-order valence-electron chi connectivity index (χ3n) is 8.16. The summed E-state index contributed by atoms with van der Waals surface area (Å²) in [7, 11) is 2.99. The summed E-state index contributed by atoms with van der Waals surface area (Å²) in [4.78, 5) is 89.0. The van der Waals surface area contributed by atoms with Crippen molar-refractivity contribution < 1.29 is 58.4 Å². The van der Waals surface area contributed by atoms with Crippen molar-refractivity contribution >= 4 is 41.5 Å². The molecule has 0 bridgehead atoms. The van der Waals surface area contributed by atoms with E-state index < -0.39 is 84.7 Å². The SMILES string of the molecule is CC[C@H](C)[C@H](NC(C)=O)C(=O)N[C@@H](CCC(=O)O)C(=O)N1C[C@@H](NC(=O)CCc2ccc(OC)cc2OC)C[C@H]1C(=O)N[C@H](O)CC(=O)O. The maximum absolute atomic E-state index is 14.0. The zero-order valence-electron chi connectivity index (χ0n) is 28.3. The molecule has 17 nitrogen and oxygen atoms in total. The van der Waals surface area contributed by atoms with Gasteiger partial charge in [0.1, 0.15) is 35.9 Å². The molecule has 49 heavy (non-hydrogen) atoms. The molecular weight excluding hydrogens is 646 g/mol. The maximum Gasteiger partial charge on any atom is 0.307 e. The molecule has 1 aliphatic rings. The second kappa shape index (κ2) is 19.2. The van der Waals surface area contributed by atoms with Crippen LogP contribution in [0.3, 0.4) is 0 Å². The summed E-state index contributed by atoms with van der Waals surface area (Å²) >= 11 is 0. The van der Waals surface area contributed by atoms with Gasteiger partial charge in [-0.1, -0.05) is 26.3 Å². The fraction of sp³-hybridized carbons (Fsp3) is 0.594. The Morgan fingerprint density at radius 1 is 0.980 bits per heavy atom. The molecule has 0 saturated carbocycles. The van der Waals surface area contributed by atoms with E-state index in [4.69, 9.17) is 14.6 Å². The van der Waals surface area contributed by atoms with Gasteiger partial charge in [-0.15, -0.1) is 0 Å². The Bertz CT molecular complexity index is 1370. The van der Waals surface area contributed by atoms with Gasteiger partial charge in [-0.25, -0.2) is 0 Å². The van der Waals surface area contributed by atoms with Crippen molar-refractivity contribution in [1.82, 2.24) is 26.2 Å². The number of aryl methyl sites for hydroxylation is 1. The Morgan fingerprint density at radius 2 is 1.67 bits per heavy atom. The van der Waals surface area contributed by atoms with E-state index in [1.165, 1.54) is 21.1 Å². The predicted molar refractivity (Wildman–Crippen MR) is 172 cm³/mol. The second-order valence-electron chi connectivity index (χ2n) is 11.9. The van der Waals surface area contributed by atoms with Crippen LogP contribution in [0.5, 0.6) is 11.5 Å². The van der Waals surface area contributed by atoms with Gasteiger partial charge in [-0.3, -0.25) is 33.6 Å². The first-order valence-electron chi connectivity index (χ1n) is 15.9. The largest absolute Gasteiger partial charge is 0.497 e. The molecule has 1 saturated heterocycles. The lowest BCUT2D eigenvalue weighted by Crippen LogP contribution is -2.58. The monoisotopic (exact) mass is 693 g/mol. The summed E-state index contributed by atoms with van der Waals surface area (Å²) in [6, 6.07) is 0.572. The number of hydrogen-bond donors (Lipinski definition) is 7. The number of methoxy groups -OCH3 is 2. The highest BCUT2D eigenvalue weighted by atomic mass is 16.5. The molecule has 0 radical (unpaired) electrons. The smallest absolute Gasteiger partial charge is 0.307 e. The standard InChI is InChI=1S/C32H47N5O12/c1-6-17(2)29(33-18(3)38)31(46)35-22(10-12-27(41)42)32(47)37-16-20(13-23(37)30(45)36-26(40)15-28(43)44)34-25(39)11-8-19-7-9-21(48-4)14-24(19)49-5/h7,9,14,17,20,22-23,26,29,40H,6,8,10-13,15-16H2,1-5H3,(H,33,38)(H,34,39)(H,35,46)(H,36,45)(H,41,42)(H,43,44)/t17-,20-,22-,23-,26+,29-/m0/s1. The van der Waals surface area contributed by atoms with Crippen molar-refractivity contribution in [2.24, 2.45) is 5.92 Å². The Morgan fingerprint density at radius 3 is 2.24 bits per heavy atom. The third kappa shape index (κ3) is 12.6. The van der Waals surface area contributed by atoms with E-state index in [-0.39, 0.29) is 38.1 Å². The number of ether oxygens (including phenoxy) is 2. The molecule has 1 aliphatic heterocycles. The Balaban J connectivity index is 2.31. The molecule has 0 unspecified atom stereocenters. The summed E-state index contributed by atoms with van der Waals surface area (Å²) in [5, 5.41) is 38.4. The molecule has 1 aromatic rings. The molecule has 0 spiro atoms. The van der Waals surface area contributed by atoms with E-state index in [0.717, 1.165) is 10.5 Å². The number of carboxylic acid groups (broad SMARTS) is 2. The van der Waals surface area contributed by atoms with E-state index in [1.807, 2.05) is 0 Å². The van der Waals surface area contributed by atoms with Gasteiger partial charge in [0.2, 0.25) is 29.5 Å². The highest BCUT2D eigenvalue weighted by Gasteiger charge is 2.43. The number of nitrogens with one attached hydrogen (secondary N) is 4. The highest BCUT2D eigenvalue weighted by molar-refractivity contribution is 5.95. The van der Waals surface area contributed by atoms with Gasteiger partial charge < -0.3 is 51.0 Å². The number of nitrogens with zero attached hydrogens (tertiary/aromatic N) is 1. The molecule has 17 heteroatoms. The van der Waals surface area contributed by atoms with Gasteiger partial charge >= 0.3 is 11.9 Å². The minimum Gasteiger partial charge on any atom is -0.497 e. The van der Waals surface area contributed by atoms with Gasteiger partial charge in [0.05, 0.1) is 20.6 Å². The van der Waals surface area contributed by atoms with Crippen LogP contribution in [0.2, 0.25) is 0 Å². The lowest BCUT2D eigenvalue weighted by Gasteiger charge is -2.30. The molecular formula is C32H47N5O12. The molecule has 0 aliphatic carbocycles. The van der Waals surface area contributed by atoms with Crippen LogP contribution in [-0.2, 0) is 40.0 Å². The number of aliphatic hydroxyl groups excluding tert-OH is 1. The summed E-state index contributed by atoms with van der Waals surface area (Å²) in [5.74, 6) is -5.29. The van der Waals surface area contributed by atoms with Crippen LogP contribution in [0, 0.1) is 5.92 Å². The number of amides is 5. The summed E-state index contributed by atoms with van der Waals surface area (Å²) < 4.78 is 10.6. The number of hydrogen-bond acceptors (Lipinski definition) is 10. The summed E-state index contributed by atoms with van der Waals surface area (Å²) in [5.41, 5.74) is 0.735. The molecule has 1 fully saturated rings. The van der Waals surface area contributed by atoms with Gasteiger partial charge in [-0.2, -0.15) is 0 Å². The van der Waals surface area contributed by atoms with Crippen LogP contribution in [0.1, 0.15) is 64.9 Å². The van der Waals surface area contributed by atoms with Crippen molar-refractivity contribution in [2.75, 3.05) is 20.8 Å². The normalized spacial score (nSPS) is 17.9. The number of rotatable bonds is 19. The van der Waals surface area contributed by atoms with E-state index >= 15 is 0 Å². The van der Waals surface area contributed by atoms with Crippen LogP contribution in [0.15, 0.2) is 18.2 Å². The molecule has 272 valence electrons. The second-order valence-corrected chi connectivity index (χ2v) is 11.9. The Kier molecular flexibility index (Phi) is 15.7. The molecule has 7 N–H and O–H groups in total. The molecule has 6 atom stereocenters. The van der Waals surface area contributed by atoms with E-state index in [0.29, 0.717) is 17.9 Å². The lowest BCUT2D eigenvalue weighted by molar-refractivity contribution is -0.145. The molecule has 1 aromatic carbocycles. The fourth-order valence-electron chi connectivity index (χ4n) is 5.42. The summed E-state index contributed by atoms with van der Waals surface area (Å²) in [6.45, 7) is 4.52. The Labute approximate surface area is 284 Å². The minimum atomic E-state index is -1.79. The van der Waals surface area contributed by atoms with Gasteiger partial charge in [0.15, 0.2) is 0 Å². The van der Waals surface area contributed by atoms with Crippen molar-refractivity contribution in [1.29, 1.82) is 0 Å². The topological polar surface area (TPSA) is 250 Å². The Hall–Kier alpha value is -4.93. The quantitative estimate of drug-likeness (QED) is 0.0909. The fourth-order valence-corrected chi connectivity index (χ4v) is 5.42. The van der Waals surface area contributed by atoms with Gasteiger partial charge in [-0.05, 0) is 36.8 Å². The van der Waals surface area contributed by atoms with Crippen molar-refractivity contribution in [3.05, 3.63) is 23.8 Å². The number of benzene rings is 1. The number of carbonyl (C=O) groups is 7. The number of aliphatic carboxylic acids is 2. The van der Waals surface area contributed by atoms with E-state index in [1.54, 1.807) is 32.0 Å². The minimum absolute atomic E-state index is 0.0127. The third-order valence-corrected chi connectivity index (χ3v) is 8.16. The van der Waals surface area contributed by atoms with Crippen LogP contribution in [-0.4, -0.2) is 113 Å². The van der Waals surface area contributed by atoms with Crippen LogP contribution in [0.25, 0.3) is 0 Å². The van der Waals surface area contributed by atoms with Gasteiger partial charge in [0.25, 0.3) is 0 Å². The first-order chi connectivity index (χ1) is 23.1. The number of aliphatic hydroxyl groups is 1. The van der Waals surface area contributed by atoms with Crippen molar-refractivity contribution in [3.63, 3.8) is 0 Å². The average Bonchev–Trinajstić information content (AvgIpc) is 3.46. The number of carbonyl (C=O) groups excluding carboxylic acids is 5. The van der Waals surface area contributed by atoms with E-state index in [2.05, 4.69) is 21.3 Å². The van der Waals surface area contributed by atoms with Gasteiger partial charge in [0, 0.05) is 38.4 Å². The van der Waals surface area contributed by atoms with Crippen LogP contribution >= 0.6 is 0 Å². The molecule has 0 aromatic heterocycles. The molecule has 1 heterocycles. The number of likely N-dealkylation sites (tertiary alicyclic amines) is 1. The first kappa shape index (κ1) is 40.2. The predicted octanol–water partition coefficient (Wildman–Crippen LogP) is -0.468. The number of carboxylic acids is 2. The molecule has 2 rings (SSSR count). The molecule has 5 amide bonds. The average molecular weight is 694 g/mol. The maximum atomic E-state index is 14.0.